The van der Waals surface area contributed by atoms with Crippen LogP contribution in [-0.2, 0) is 24.7 Å². The molecule has 0 amide bonds. The zero-order valence-corrected chi connectivity index (χ0v) is 24.6. The van der Waals surface area contributed by atoms with E-state index in [-0.39, 0.29) is 17.1 Å². The molecule has 0 aliphatic heterocycles. The van der Waals surface area contributed by atoms with Gasteiger partial charge in [0.05, 0.1) is 18.8 Å². The normalized spacial score (nSPS) is 17.4. The summed E-state index contributed by atoms with van der Waals surface area (Å²) in [6.45, 7) is 6.51. The molecule has 4 N–H and O–H groups in total. The zero-order valence-electron chi connectivity index (χ0n) is 24.6. The Bertz CT molecular complexity index is 1170. The van der Waals surface area contributed by atoms with Crippen molar-refractivity contribution in [3.05, 3.63) is 70.9 Å². The van der Waals surface area contributed by atoms with E-state index in [0.717, 1.165) is 81.3 Å². The van der Waals surface area contributed by atoms with Crippen LogP contribution in [0, 0.1) is 0 Å². The van der Waals surface area contributed by atoms with Gasteiger partial charge in [0.1, 0.15) is 11.5 Å². The second-order valence-corrected chi connectivity index (χ2v) is 12.0. The first-order valence-electron chi connectivity index (χ1n) is 15.4. The van der Waals surface area contributed by atoms with Crippen molar-refractivity contribution in [2.24, 2.45) is 0 Å². The molecule has 0 bridgehead atoms. The number of aryl methyl sites for hydroxylation is 3. The summed E-state index contributed by atoms with van der Waals surface area (Å²) in [5.74, 6) is 3.05. The van der Waals surface area contributed by atoms with E-state index in [1.54, 1.807) is 13.0 Å². The molecule has 0 radical (unpaired) electrons. The number of rotatable bonds is 15. The summed E-state index contributed by atoms with van der Waals surface area (Å²) in [5, 5.41) is 30.3. The number of hydrogen-bond acceptors (Lipinski definition) is 5. The SMILES string of the molecule is CCCCc1ccc(CCc2ccc(O)c(OCC3(c4cc([C@H](C)CC[C@H](O)[C@H](C)O)c[nH]4)CCCCC3)c2)o1. The molecular weight excluding hydrogens is 502 g/mol. The van der Waals surface area contributed by atoms with Crippen molar-refractivity contribution in [3.63, 3.8) is 0 Å². The molecule has 3 aromatic rings. The highest BCUT2D eigenvalue weighted by molar-refractivity contribution is 5.42. The van der Waals surface area contributed by atoms with E-state index in [0.29, 0.717) is 18.8 Å². The topological polar surface area (TPSA) is 98.9 Å². The molecule has 4 rings (SSSR count). The average molecular weight is 552 g/mol. The van der Waals surface area contributed by atoms with E-state index in [9.17, 15) is 15.3 Å². The molecule has 1 aromatic carbocycles. The zero-order chi connectivity index (χ0) is 28.5. The predicted octanol–water partition coefficient (Wildman–Crippen LogP) is 7.35. The Kier molecular flexibility index (Phi) is 10.8. The van der Waals surface area contributed by atoms with E-state index in [1.165, 1.54) is 17.7 Å². The Morgan fingerprint density at radius 3 is 2.42 bits per heavy atom. The Balaban J connectivity index is 1.40. The number of hydrogen-bond donors (Lipinski definition) is 4. The highest BCUT2D eigenvalue weighted by Gasteiger charge is 2.36. The van der Waals surface area contributed by atoms with Crippen LogP contribution in [0.25, 0.3) is 0 Å². The Morgan fingerprint density at radius 2 is 1.70 bits per heavy atom. The van der Waals surface area contributed by atoms with Crippen molar-refractivity contribution in [3.8, 4) is 11.5 Å². The number of benzene rings is 1. The maximum absolute atomic E-state index is 10.6. The van der Waals surface area contributed by atoms with Gasteiger partial charge >= 0.3 is 0 Å². The van der Waals surface area contributed by atoms with Gasteiger partial charge in [-0.25, -0.2) is 0 Å². The minimum atomic E-state index is -0.708. The van der Waals surface area contributed by atoms with Gasteiger partial charge in [0.25, 0.3) is 0 Å². The van der Waals surface area contributed by atoms with Gasteiger partial charge in [-0.1, -0.05) is 45.6 Å². The summed E-state index contributed by atoms with van der Waals surface area (Å²) < 4.78 is 12.4. The van der Waals surface area contributed by atoms with Crippen LogP contribution in [0.4, 0.5) is 0 Å². The lowest BCUT2D eigenvalue weighted by molar-refractivity contribution is 0.0242. The molecule has 6 heteroatoms. The highest BCUT2D eigenvalue weighted by Crippen LogP contribution is 2.41. The number of furan rings is 1. The molecule has 3 atom stereocenters. The molecule has 0 spiro atoms. The molecular formula is C34H49NO5. The monoisotopic (exact) mass is 551 g/mol. The second kappa shape index (κ2) is 14.3. The molecule has 2 heterocycles. The molecule has 0 unspecified atom stereocenters. The highest BCUT2D eigenvalue weighted by atomic mass is 16.5. The van der Waals surface area contributed by atoms with Gasteiger partial charge in [-0.15, -0.1) is 0 Å². The van der Waals surface area contributed by atoms with Gasteiger partial charge in [-0.3, -0.25) is 0 Å². The quantitative estimate of drug-likeness (QED) is 0.158. The lowest BCUT2D eigenvalue weighted by atomic mass is 9.72. The first-order chi connectivity index (χ1) is 19.3. The lowest BCUT2D eigenvalue weighted by Crippen LogP contribution is -2.36. The number of aromatic amines is 1. The molecule has 2 aromatic heterocycles. The van der Waals surface area contributed by atoms with Crippen molar-refractivity contribution in [2.75, 3.05) is 6.61 Å². The van der Waals surface area contributed by atoms with Crippen LogP contribution in [0.5, 0.6) is 11.5 Å². The number of phenolic OH excluding ortho intramolecular Hbond substituents is 1. The number of aliphatic hydroxyl groups excluding tert-OH is 2. The van der Waals surface area contributed by atoms with Crippen molar-refractivity contribution in [1.82, 2.24) is 4.98 Å². The summed E-state index contributed by atoms with van der Waals surface area (Å²) >= 11 is 0. The van der Waals surface area contributed by atoms with Crippen LogP contribution in [0.1, 0.15) is 113 Å². The second-order valence-electron chi connectivity index (χ2n) is 12.0. The van der Waals surface area contributed by atoms with Crippen LogP contribution in [-0.4, -0.2) is 39.1 Å². The van der Waals surface area contributed by atoms with E-state index in [1.807, 2.05) is 12.1 Å². The van der Waals surface area contributed by atoms with E-state index >= 15 is 0 Å². The standard InChI is InChI=1S/C34H49NO5/c1-4-5-9-28-14-15-29(40-28)13-11-26-12-17-31(38)32(20-26)39-23-34(18-7-6-8-19-34)33-21-27(22-35-33)24(2)10-16-30(37)25(3)36/h12,14-15,17,20-22,24-25,30,35-38H,4-11,13,16,18-19,23H2,1-3H3/t24-,25+,30+/m1/s1. The third kappa shape index (κ3) is 7.94. The number of H-pyrrole nitrogens is 1. The minimum absolute atomic E-state index is 0.124. The predicted molar refractivity (Wildman–Crippen MR) is 159 cm³/mol. The first kappa shape index (κ1) is 30.3. The van der Waals surface area contributed by atoms with E-state index in [4.69, 9.17) is 9.15 Å². The summed E-state index contributed by atoms with van der Waals surface area (Å²) in [6, 6.07) is 12.1. The fourth-order valence-corrected chi connectivity index (χ4v) is 5.91. The lowest BCUT2D eigenvalue weighted by Gasteiger charge is -2.36. The average Bonchev–Trinajstić information content (AvgIpc) is 3.64. The van der Waals surface area contributed by atoms with Crippen molar-refractivity contribution in [1.29, 1.82) is 0 Å². The van der Waals surface area contributed by atoms with Gasteiger partial charge in [0.15, 0.2) is 11.5 Å². The fourth-order valence-electron chi connectivity index (χ4n) is 5.91. The molecule has 1 aliphatic carbocycles. The largest absolute Gasteiger partial charge is 0.504 e. The van der Waals surface area contributed by atoms with Crippen molar-refractivity contribution in [2.45, 2.75) is 121 Å². The maximum Gasteiger partial charge on any atom is 0.161 e. The van der Waals surface area contributed by atoms with Gasteiger partial charge < -0.3 is 29.5 Å². The number of aliphatic hydroxyl groups is 2. The van der Waals surface area contributed by atoms with Crippen LogP contribution in [0.3, 0.4) is 0 Å². The molecule has 1 fully saturated rings. The number of unbranched alkanes of at least 4 members (excludes halogenated alkanes) is 1. The third-order valence-electron chi connectivity index (χ3n) is 8.79. The Hall–Kier alpha value is -2.70. The smallest absolute Gasteiger partial charge is 0.161 e. The Labute approximate surface area is 239 Å². The first-order valence-corrected chi connectivity index (χ1v) is 15.4. The van der Waals surface area contributed by atoms with Gasteiger partial charge in [-0.05, 0) is 92.8 Å². The summed E-state index contributed by atoms with van der Waals surface area (Å²) in [7, 11) is 0. The number of aromatic nitrogens is 1. The number of phenols is 1. The number of ether oxygens (including phenoxy) is 1. The van der Waals surface area contributed by atoms with Crippen molar-refractivity contribution >= 4 is 0 Å². The molecule has 220 valence electrons. The summed E-state index contributed by atoms with van der Waals surface area (Å²) in [4.78, 5) is 3.56. The molecule has 1 aliphatic rings. The van der Waals surface area contributed by atoms with E-state index < -0.39 is 12.2 Å². The fraction of sp³-hybridized carbons (Fsp3) is 0.588. The molecule has 0 saturated heterocycles. The van der Waals surface area contributed by atoms with Crippen LogP contribution in [0.15, 0.2) is 47.0 Å². The molecule has 40 heavy (non-hydrogen) atoms. The third-order valence-corrected chi connectivity index (χ3v) is 8.79. The number of aromatic hydroxyl groups is 1. The van der Waals surface area contributed by atoms with Crippen LogP contribution in [0.2, 0.25) is 0 Å². The van der Waals surface area contributed by atoms with Gasteiger partial charge in [0.2, 0.25) is 0 Å². The van der Waals surface area contributed by atoms with Gasteiger partial charge in [0, 0.05) is 30.1 Å². The molecule has 1 saturated carbocycles. The van der Waals surface area contributed by atoms with E-state index in [2.05, 4.69) is 43.2 Å². The summed E-state index contributed by atoms with van der Waals surface area (Å²) in [5.41, 5.74) is 3.41. The number of nitrogens with one attached hydrogen (secondary N) is 1. The van der Waals surface area contributed by atoms with Crippen LogP contribution >= 0.6 is 0 Å². The maximum atomic E-state index is 10.6. The Morgan fingerprint density at radius 1 is 0.950 bits per heavy atom. The molecule has 6 nitrogen and oxygen atoms in total. The summed E-state index contributed by atoms with van der Waals surface area (Å²) in [6.07, 6.45) is 12.6. The van der Waals surface area contributed by atoms with Crippen LogP contribution < -0.4 is 4.74 Å². The van der Waals surface area contributed by atoms with Gasteiger partial charge in [-0.2, -0.15) is 0 Å². The van der Waals surface area contributed by atoms with Crippen molar-refractivity contribution < 1.29 is 24.5 Å². The minimum Gasteiger partial charge on any atom is -0.504 e.